The molecule has 1 saturated carbocycles. The number of benzene rings is 1. The van der Waals surface area contributed by atoms with Crippen molar-refractivity contribution in [2.45, 2.75) is 12.8 Å². The third kappa shape index (κ3) is 2.60. The molecular weight excluding hydrogens is 186 g/mol. The molecule has 1 aliphatic rings. The van der Waals surface area contributed by atoms with Gasteiger partial charge in [0.1, 0.15) is 5.75 Å². The molecule has 0 spiro atoms. The highest BCUT2D eigenvalue weighted by Gasteiger charge is 2.24. The van der Waals surface area contributed by atoms with Gasteiger partial charge < -0.3 is 10.5 Å². The summed E-state index contributed by atoms with van der Waals surface area (Å²) in [5, 5.41) is 0. The Bertz CT molecular complexity index is 349. The minimum atomic E-state index is 0.677. The van der Waals surface area contributed by atoms with Gasteiger partial charge in [-0.15, -0.1) is 0 Å². The first kappa shape index (κ1) is 10.2. The van der Waals surface area contributed by atoms with Crippen LogP contribution in [0.3, 0.4) is 0 Å². The first-order valence-corrected chi connectivity index (χ1v) is 5.38. The molecule has 0 aliphatic heterocycles. The summed E-state index contributed by atoms with van der Waals surface area (Å²) in [6, 6.07) is 8.09. The van der Waals surface area contributed by atoms with Crippen molar-refractivity contribution >= 4 is 6.08 Å². The van der Waals surface area contributed by atoms with Crippen molar-refractivity contribution < 1.29 is 4.74 Å². The molecule has 2 nitrogen and oxygen atoms in total. The second-order valence-corrected chi connectivity index (χ2v) is 3.97. The maximum atomic E-state index is 5.72. The molecule has 1 aliphatic carbocycles. The molecule has 0 saturated heterocycles. The van der Waals surface area contributed by atoms with Gasteiger partial charge in [-0.2, -0.15) is 0 Å². The molecule has 2 N–H and O–H groups in total. The molecule has 80 valence electrons. The quantitative estimate of drug-likeness (QED) is 0.815. The molecule has 0 unspecified atom stereocenters. The van der Waals surface area contributed by atoms with Gasteiger partial charge in [0, 0.05) is 6.54 Å². The topological polar surface area (TPSA) is 35.2 Å². The Morgan fingerprint density at radius 1 is 1.40 bits per heavy atom. The lowest BCUT2D eigenvalue weighted by Gasteiger charge is -2.03. The van der Waals surface area contributed by atoms with Crippen molar-refractivity contribution in [3.05, 3.63) is 35.4 Å². The van der Waals surface area contributed by atoms with Gasteiger partial charge in [-0.25, -0.2) is 0 Å². The molecule has 0 radical (unpaired) electrons. The van der Waals surface area contributed by atoms with Crippen LogP contribution in [-0.2, 0) is 0 Å². The maximum absolute atomic E-state index is 5.72. The second-order valence-electron chi connectivity index (χ2n) is 3.97. The largest absolute Gasteiger partial charge is 0.497 e. The molecule has 1 aromatic rings. The summed E-state index contributed by atoms with van der Waals surface area (Å²) in [5.41, 5.74) is 8.31. The highest BCUT2D eigenvalue weighted by Crippen LogP contribution is 2.36. The van der Waals surface area contributed by atoms with Crippen LogP contribution in [0, 0.1) is 5.92 Å². The standard InChI is InChI=1S/C13H17NO/c1-15-13-6-2-10(3-7-13)8-12(9-14)11-4-5-11/h2-3,6-8,11H,4-5,9,14H2,1H3/b12-8+. The molecule has 0 aromatic heterocycles. The molecule has 0 bridgehead atoms. The normalized spacial score (nSPS) is 16.5. The van der Waals surface area contributed by atoms with Gasteiger partial charge in [0.05, 0.1) is 7.11 Å². The third-order valence-electron chi connectivity index (χ3n) is 2.81. The van der Waals surface area contributed by atoms with Gasteiger partial charge in [0.25, 0.3) is 0 Å². The number of hydrogen-bond acceptors (Lipinski definition) is 2. The Morgan fingerprint density at radius 3 is 2.53 bits per heavy atom. The molecule has 0 amide bonds. The molecular formula is C13H17NO. The Hall–Kier alpha value is -1.28. The van der Waals surface area contributed by atoms with E-state index < -0.39 is 0 Å². The van der Waals surface area contributed by atoms with Crippen LogP contribution in [0.4, 0.5) is 0 Å². The minimum absolute atomic E-state index is 0.677. The van der Waals surface area contributed by atoms with Crippen LogP contribution in [0.5, 0.6) is 5.75 Å². The smallest absolute Gasteiger partial charge is 0.118 e. The summed E-state index contributed by atoms with van der Waals surface area (Å²) in [6.07, 6.45) is 4.81. The number of ether oxygens (including phenoxy) is 1. The van der Waals surface area contributed by atoms with Crippen LogP contribution < -0.4 is 10.5 Å². The van der Waals surface area contributed by atoms with E-state index in [-0.39, 0.29) is 0 Å². The lowest BCUT2D eigenvalue weighted by molar-refractivity contribution is 0.415. The van der Waals surface area contributed by atoms with Crippen LogP contribution in [0.25, 0.3) is 6.08 Å². The van der Waals surface area contributed by atoms with E-state index in [2.05, 4.69) is 18.2 Å². The zero-order valence-corrected chi connectivity index (χ0v) is 9.07. The van der Waals surface area contributed by atoms with Crippen molar-refractivity contribution in [1.82, 2.24) is 0 Å². The van der Waals surface area contributed by atoms with Crippen LogP contribution in [-0.4, -0.2) is 13.7 Å². The van der Waals surface area contributed by atoms with Crippen molar-refractivity contribution in [2.24, 2.45) is 11.7 Å². The highest BCUT2D eigenvalue weighted by atomic mass is 16.5. The van der Waals surface area contributed by atoms with E-state index >= 15 is 0 Å². The predicted octanol–water partition coefficient (Wildman–Crippen LogP) is 2.45. The second kappa shape index (κ2) is 4.49. The first-order chi connectivity index (χ1) is 7.33. The van der Waals surface area contributed by atoms with Crippen molar-refractivity contribution in [1.29, 1.82) is 0 Å². The maximum Gasteiger partial charge on any atom is 0.118 e. The Morgan fingerprint density at radius 2 is 2.07 bits per heavy atom. The van der Waals surface area contributed by atoms with Crippen molar-refractivity contribution in [2.75, 3.05) is 13.7 Å². The van der Waals surface area contributed by atoms with Gasteiger partial charge in [-0.3, -0.25) is 0 Å². The van der Waals surface area contributed by atoms with Gasteiger partial charge in [-0.05, 0) is 36.5 Å². The van der Waals surface area contributed by atoms with Crippen LogP contribution in [0.1, 0.15) is 18.4 Å². The van der Waals surface area contributed by atoms with Gasteiger partial charge in [0.2, 0.25) is 0 Å². The Labute approximate surface area is 90.7 Å². The zero-order chi connectivity index (χ0) is 10.7. The Kier molecular flexibility index (Phi) is 3.07. The van der Waals surface area contributed by atoms with E-state index in [1.54, 1.807) is 7.11 Å². The summed E-state index contributed by atoms with van der Waals surface area (Å²) < 4.78 is 5.11. The fourth-order valence-electron chi connectivity index (χ4n) is 1.71. The third-order valence-corrected chi connectivity index (χ3v) is 2.81. The van der Waals surface area contributed by atoms with Gasteiger partial charge >= 0.3 is 0 Å². The fraction of sp³-hybridized carbons (Fsp3) is 0.385. The summed E-state index contributed by atoms with van der Waals surface area (Å²) >= 11 is 0. The molecule has 2 heteroatoms. The monoisotopic (exact) mass is 203 g/mol. The lowest BCUT2D eigenvalue weighted by Crippen LogP contribution is -2.04. The first-order valence-electron chi connectivity index (χ1n) is 5.38. The molecule has 1 aromatic carbocycles. The molecule has 1 fully saturated rings. The Balaban J connectivity index is 2.14. The fourth-order valence-corrected chi connectivity index (χ4v) is 1.71. The summed E-state index contributed by atoms with van der Waals surface area (Å²) in [4.78, 5) is 0. The van der Waals surface area contributed by atoms with E-state index in [1.807, 2.05) is 12.1 Å². The van der Waals surface area contributed by atoms with Crippen LogP contribution >= 0.6 is 0 Å². The van der Waals surface area contributed by atoms with Gasteiger partial charge in [-0.1, -0.05) is 23.8 Å². The number of rotatable bonds is 4. The molecule has 15 heavy (non-hydrogen) atoms. The van der Waals surface area contributed by atoms with E-state index in [0.29, 0.717) is 6.54 Å². The predicted molar refractivity (Wildman–Crippen MR) is 62.7 cm³/mol. The lowest BCUT2D eigenvalue weighted by atomic mass is 10.1. The molecule has 0 heterocycles. The molecule has 0 atom stereocenters. The number of methoxy groups -OCH3 is 1. The van der Waals surface area contributed by atoms with E-state index in [9.17, 15) is 0 Å². The van der Waals surface area contributed by atoms with Crippen molar-refractivity contribution in [3.63, 3.8) is 0 Å². The van der Waals surface area contributed by atoms with Crippen LogP contribution in [0.2, 0.25) is 0 Å². The van der Waals surface area contributed by atoms with E-state index in [1.165, 1.54) is 24.0 Å². The minimum Gasteiger partial charge on any atom is -0.497 e. The zero-order valence-electron chi connectivity index (χ0n) is 9.07. The number of nitrogens with two attached hydrogens (primary N) is 1. The van der Waals surface area contributed by atoms with Gasteiger partial charge in [0.15, 0.2) is 0 Å². The number of hydrogen-bond donors (Lipinski definition) is 1. The molecule has 2 rings (SSSR count). The van der Waals surface area contributed by atoms with Crippen molar-refractivity contribution in [3.8, 4) is 5.75 Å². The van der Waals surface area contributed by atoms with E-state index in [4.69, 9.17) is 10.5 Å². The summed E-state index contributed by atoms with van der Waals surface area (Å²) in [5.74, 6) is 1.64. The van der Waals surface area contributed by atoms with Crippen LogP contribution in [0.15, 0.2) is 29.8 Å². The summed E-state index contributed by atoms with van der Waals surface area (Å²) in [7, 11) is 1.68. The average Bonchev–Trinajstić information content (AvgIpc) is 3.10. The van der Waals surface area contributed by atoms with E-state index in [0.717, 1.165) is 11.7 Å². The average molecular weight is 203 g/mol. The summed E-state index contributed by atoms with van der Waals surface area (Å²) in [6.45, 7) is 0.677. The SMILES string of the molecule is COc1ccc(/C=C(\CN)C2CC2)cc1. The highest BCUT2D eigenvalue weighted by molar-refractivity contribution is 5.55.